The van der Waals surface area contributed by atoms with Crippen LogP contribution >= 0.6 is 11.6 Å². The summed E-state index contributed by atoms with van der Waals surface area (Å²) in [7, 11) is 0. The molecule has 4 nitrogen and oxygen atoms in total. The Bertz CT molecular complexity index is 590. The van der Waals surface area contributed by atoms with Crippen molar-refractivity contribution in [1.29, 1.82) is 0 Å². The van der Waals surface area contributed by atoms with Crippen LogP contribution in [0.1, 0.15) is 37.0 Å². The van der Waals surface area contributed by atoms with Gasteiger partial charge in [0, 0.05) is 18.0 Å². The fraction of sp³-hybridized carbons (Fsp3) is 0.467. The fourth-order valence-corrected chi connectivity index (χ4v) is 2.82. The number of hydrogen-bond acceptors (Lipinski definition) is 4. The minimum absolute atomic E-state index is 0.0516. The summed E-state index contributed by atoms with van der Waals surface area (Å²) >= 11 is 6.16. The summed E-state index contributed by atoms with van der Waals surface area (Å²) < 4.78 is 5.48. The molecule has 1 aliphatic rings. The van der Waals surface area contributed by atoms with Gasteiger partial charge in [0.2, 0.25) is 5.89 Å². The Kier molecular flexibility index (Phi) is 3.76. The van der Waals surface area contributed by atoms with E-state index in [4.69, 9.17) is 16.1 Å². The Morgan fingerprint density at radius 3 is 3.00 bits per heavy atom. The maximum Gasteiger partial charge on any atom is 0.233 e. The lowest BCUT2D eigenvalue weighted by atomic mass is 9.83. The molecule has 1 N–H and O–H groups in total. The molecule has 1 aliphatic heterocycles. The van der Waals surface area contributed by atoms with Gasteiger partial charge in [-0.3, -0.25) is 0 Å². The van der Waals surface area contributed by atoms with Crippen LogP contribution in [-0.4, -0.2) is 23.2 Å². The van der Waals surface area contributed by atoms with Crippen LogP contribution < -0.4 is 5.32 Å². The molecule has 1 fully saturated rings. The standard InChI is InChI=1S/C15H18ClN3O/c1-15(7-4-8-17-10-15)14-18-13(19-20-14)9-11-5-2-3-6-12(11)16/h2-3,5-6,17H,4,7-10H2,1H3. The van der Waals surface area contributed by atoms with Crippen molar-refractivity contribution < 1.29 is 4.52 Å². The van der Waals surface area contributed by atoms with E-state index >= 15 is 0 Å². The summed E-state index contributed by atoms with van der Waals surface area (Å²) in [5.74, 6) is 1.42. The summed E-state index contributed by atoms with van der Waals surface area (Å²) in [5.41, 5.74) is 0.970. The van der Waals surface area contributed by atoms with E-state index in [1.54, 1.807) is 0 Å². The van der Waals surface area contributed by atoms with Gasteiger partial charge in [0.1, 0.15) is 0 Å². The van der Waals surface area contributed by atoms with Gasteiger partial charge in [-0.2, -0.15) is 4.98 Å². The van der Waals surface area contributed by atoms with Gasteiger partial charge in [0.25, 0.3) is 0 Å². The maximum absolute atomic E-state index is 6.16. The van der Waals surface area contributed by atoms with Gasteiger partial charge < -0.3 is 9.84 Å². The molecule has 1 atom stereocenters. The van der Waals surface area contributed by atoms with Gasteiger partial charge in [-0.15, -0.1) is 0 Å². The first-order valence-corrected chi connectivity index (χ1v) is 7.32. The fourth-order valence-electron chi connectivity index (χ4n) is 2.62. The molecule has 20 heavy (non-hydrogen) atoms. The molecule has 2 heterocycles. The van der Waals surface area contributed by atoms with Gasteiger partial charge >= 0.3 is 0 Å². The number of aromatic nitrogens is 2. The Hall–Kier alpha value is -1.39. The van der Waals surface area contributed by atoms with E-state index in [9.17, 15) is 0 Å². The first kappa shape index (κ1) is 13.6. The number of rotatable bonds is 3. The Balaban J connectivity index is 1.78. The molecule has 5 heteroatoms. The molecule has 0 aliphatic carbocycles. The minimum Gasteiger partial charge on any atom is -0.339 e. The van der Waals surface area contributed by atoms with Crippen molar-refractivity contribution in [3.8, 4) is 0 Å². The van der Waals surface area contributed by atoms with Crippen molar-refractivity contribution >= 4 is 11.6 Å². The SMILES string of the molecule is CC1(c2nc(Cc3ccccc3Cl)no2)CCCNC1. The molecule has 0 amide bonds. The number of piperidine rings is 1. The Morgan fingerprint density at radius 2 is 2.25 bits per heavy atom. The highest BCUT2D eigenvalue weighted by molar-refractivity contribution is 6.31. The third kappa shape index (κ3) is 2.72. The van der Waals surface area contributed by atoms with Gasteiger partial charge in [-0.1, -0.05) is 35.0 Å². The van der Waals surface area contributed by atoms with Crippen LogP contribution in [0.25, 0.3) is 0 Å². The zero-order chi connectivity index (χ0) is 14.0. The predicted octanol–water partition coefficient (Wildman–Crippen LogP) is 2.95. The van der Waals surface area contributed by atoms with Gasteiger partial charge in [-0.25, -0.2) is 0 Å². The number of hydrogen-bond donors (Lipinski definition) is 1. The van der Waals surface area contributed by atoms with Crippen LogP contribution in [0, 0.1) is 0 Å². The third-order valence-corrected chi connectivity index (χ3v) is 4.26. The highest BCUT2D eigenvalue weighted by Crippen LogP contribution is 2.29. The van der Waals surface area contributed by atoms with Gasteiger partial charge in [0.05, 0.1) is 5.41 Å². The first-order chi connectivity index (χ1) is 9.67. The largest absolute Gasteiger partial charge is 0.339 e. The molecule has 3 rings (SSSR count). The maximum atomic E-state index is 6.16. The second-order valence-corrected chi connectivity index (χ2v) is 6.03. The third-order valence-electron chi connectivity index (χ3n) is 3.89. The molecule has 1 aromatic heterocycles. The smallest absolute Gasteiger partial charge is 0.233 e. The van der Waals surface area contributed by atoms with Crippen LogP contribution in [0.5, 0.6) is 0 Å². The van der Waals surface area contributed by atoms with Crippen LogP contribution in [0.15, 0.2) is 28.8 Å². The molecule has 2 aromatic rings. The zero-order valence-electron chi connectivity index (χ0n) is 11.5. The molecule has 1 aromatic carbocycles. The average molecular weight is 292 g/mol. The zero-order valence-corrected chi connectivity index (χ0v) is 12.3. The first-order valence-electron chi connectivity index (χ1n) is 6.95. The second kappa shape index (κ2) is 5.54. The Labute approximate surface area is 123 Å². The number of benzene rings is 1. The van der Waals surface area contributed by atoms with Crippen LogP contribution in [0.2, 0.25) is 5.02 Å². The van der Waals surface area contributed by atoms with Crippen molar-refractivity contribution in [3.05, 3.63) is 46.6 Å². The molecule has 0 saturated carbocycles. The second-order valence-electron chi connectivity index (χ2n) is 5.62. The van der Waals surface area contributed by atoms with E-state index in [1.807, 2.05) is 24.3 Å². The van der Waals surface area contributed by atoms with Crippen LogP contribution in [0.3, 0.4) is 0 Å². The summed E-state index contributed by atoms with van der Waals surface area (Å²) in [6.07, 6.45) is 2.82. The molecule has 1 unspecified atom stereocenters. The normalized spacial score (nSPS) is 22.9. The summed E-state index contributed by atoms with van der Waals surface area (Å²) in [5, 5.41) is 8.23. The topological polar surface area (TPSA) is 51.0 Å². The average Bonchev–Trinajstić information content (AvgIpc) is 2.92. The molecular formula is C15H18ClN3O. The van der Waals surface area contributed by atoms with E-state index in [1.165, 1.54) is 0 Å². The molecule has 0 bridgehead atoms. The quantitative estimate of drug-likeness (QED) is 0.944. The molecule has 0 radical (unpaired) electrons. The van der Waals surface area contributed by atoms with E-state index in [0.29, 0.717) is 12.2 Å². The van der Waals surface area contributed by atoms with Crippen LogP contribution in [0.4, 0.5) is 0 Å². The molecule has 106 valence electrons. The lowest BCUT2D eigenvalue weighted by molar-refractivity contribution is 0.245. The van der Waals surface area contributed by atoms with Gasteiger partial charge in [0.15, 0.2) is 5.82 Å². The monoisotopic (exact) mass is 291 g/mol. The highest BCUT2D eigenvalue weighted by atomic mass is 35.5. The number of nitrogens with zero attached hydrogens (tertiary/aromatic N) is 2. The van der Waals surface area contributed by atoms with E-state index in [0.717, 1.165) is 42.4 Å². The lowest BCUT2D eigenvalue weighted by Crippen LogP contribution is -2.41. The summed E-state index contributed by atoms with van der Waals surface area (Å²) in [6.45, 7) is 4.13. The molecule has 1 saturated heterocycles. The van der Waals surface area contributed by atoms with Crippen molar-refractivity contribution in [3.63, 3.8) is 0 Å². The van der Waals surface area contributed by atoms with Crippen molar-refractivity contribution in [2.75, 3.05) is 13.1 Å². The summed E-state index contributed by atoms with van der Waals surface area (Å²) in [4.78, 5) is 4.57. The number of halogens is 1. The van der Waals surface area contributed by atoms with Crippen molar-refractivity contribution in [2.45, 2.75) is 31.6 Å². The van der Waals surface area contributed by atoms with E-state index in [-0.39, 0.29) is 5.41 Å². The van der Waals surface area contributed by atoms with Gasteiger partial charge in [-0.05, 0) is 37.9 Å². The van der Waals surface area contributed by atoms with Crippen molar-refractivity contribution in [1.82, 2.24) is 15.5 Å². The molecular weight excluding hydrogens is 274 g/mol. The minimum atomic E-state index is -0.0516. The predicted molar refractivity (Wildman–Crippen MR) is 78.0 cm³/mol. The molecule has 0 spiro atoms. The highest BCUT2D eigenvalue weighted by Gasteiger charge is 2.34. The lowest BCUT2D eigenvalue weighted by Gasteiger charge is -2.30. The number of nitrogens with one attached hydrogen (secondary N) is 1. The van der Waals surface area contributed by atoms with Crippen molar-refractivity contribution in [2.24, 2.45) is 0 Å². The van der Waals surface area contributed by atoms with Crippen LogP contribution in [-0.2, 0) is 11.8 Å². The van der Waals surface area contributed by atoms with E-state index in [2.05, 4.69) is 22.4 Å². The summed E-state index contributed by atoms with van der Waals surface area (Å²) in [6, 6.07) is 7.75. The Morgan fingerprint density at radius 1 is 1.40 bits per heavy atom. The van der Waals surface area contributed by atoms with E-state index < -0.39 is 0 Å².